The Morgan fingerprint density at radius 3 is 2.29 bits per heavy atom. The summed E-state index contributed by atoms with van der Waals surface area (Å²) in [5.41, 5.74) is 2.50. The summed E-state index contributed by atoms with van der Waals surface area (Å²) in [7, 11) is 0. The lowest BCUT2D eigenvalue weighted by molar-refractivity contribution is -0.138. The number of alkyl halides is 3. The van der Waals surface area contributed by atoms with Crippen molar-refractivity contribution in [1.82, 2.24) is 5.32 Å². The second-order valence-electron chi connectivity index (χ2n) is 8.39. The largest absolute Gasteiger partial charge is 0.478 e. The molecule has 0 aliphatic carbocycles. The van der Waals surface area contributed by atoms with Gasteiger partial charge in [0.25, 0.3) is 0 Å². The third-order valence-electron chi connectivity index (χ3n) is 5.74. The molecule has 35 heavy (non-hydrogen) atoms. The van der Waals surface area contributed by atoms with Gasteiger partial charge in [-0.25, -0.2) is 4.79 Å². The van der Waals surface area contributed by atoms with Crippen molar-refractivity contribution >= 4 is 17.6 Å². The first-order valence-corrected chi connectivity index (χ1v) is 11.1. The van der Waals surface area contributed by atoms with E-state index in [1.807, 2.05) is 31.2 Å². The van der Waals surface area contributed by atoms with Crippen molar-refractivity contribution in [2.75, 3.05) is 18.0 Å². The maximum absolute atomic E-state index is 13.5. The van der Waals surface area contributed by atoms with Crippen LogP contribution in [-0.4, -0.2) is 30.1 Å². The summed E-state index contributed by atoms with van der Waals surface area (Å²) >= 11 is 0. The van der Waals surface area contributed by atoms with Crippen molar-refractivity contribution < 1.29 is 27.9 Å². The predicted octanol–water partition coefficient (Wildman–Crippen LogP) is 5.39. The van der Waals surface area contributed by atoms with Gasteiger partial charge in [-0.1, -0.05) is 48.0 Å². The van der Waals surface area contributed by atoms with Gasteiger partial charge in [0.1, 0.15) is 0 Å². The number of benzene rings is 3. The van der Waals surface area contributed by atoms with E-state index in [0.29, 0.717) is 24.2 Å². The summed E-state index contributed by atoms with van der Waals surface area (Å²) < 4.78 is 40.5. The van der Waals surface area contributed by atoms with Gasteiger partial charge in [0.2, 0.25) is 5.91 Å². The lowest BCUT2D eigenvalue weighted by Gasteiger charge is -2.27. The smallest absolute Gasteiger partial charge is 0.416 e. The maximum Gasteiger partial charge on any atom is 0.416 e. The standard InChI is InChI=1S/C27H27F3N2O3/c1-18-9-11-20(12-10-18)13-14-32(24-8-4-7-23(19(24)2)27(28,29)30)17-25(33)31-16-21-5-3-6-22(15-21)26(34)35/h3-12,15H,13-14,16-17H2,1-2H3,(H,31,33)(H,34,35). The van der Waals surface area contributed by atoms with Crippen molar-refractivity contribution in [3.8, 4) is 0 Å². The van der Waals surface area contributed by atoms with Gasteiger partial charge in [-0.05, 0) is 61.2 Å². The molecule has 1 amide bonds. The number of aryl methyl sites for hydroxylation is 1. The highest BCUT2D eigenvalue weighted by molar-refractivity contribution is 5.87. The second kappa shape index (κ2) is 11.1. The molecule has 0 saturated carbocycles. The molecule has 0 aliphatic rings. The minimum atomic E-state index is -4.50. The Morgan fingerprint density at radius 1 is 0.943 bits per heavy atom. The highest BCUT2D eigenvalue weighted by Gasteiger charge is 2.33. The first-order chi connectivity index (χ1) is 16.5. The van der Waals surface area contributed by atoms with Gasteiger partial charge in [0.15, 0.2) is 0 Å². The molecule has 3 aromatic rings. The van der Waals surface area contributed by atoms with Crippen LogP contribution in [0.1, 0.15) is 38.2 Å². The quantitative estimate of drug-likeness (QED) is 0.428. The molecular formula is C27H27F3N2O3. The number of anilines is 1. The van der Waals surface area contributed by atoms with Crippen LogP contribution in [0.2, 0.25) is 0 Å². The van der Waals surface area contributed by atoms with Crippen LogP contribution >= 0.6 is 0 Å². The van der Waals surface area contributed by atoms with Crippen LogP contribution in [0.15, 0.2) is 66.7 Å². The van der Waals surface area contributed by atoms with E-state index in [9.17, 15) is 22.8 Å². The summed E-state index contributed by atoms with van der Waals surface area (Å²) in [5, 5.41) is 11.9. The zero-order valence-corrected chi connectivity index (χ0v) is 19.5. The fraction of sp³-hybridized carbons (Fsp3) is 0.259. The number of nitrogens with one attached hydrogen (secondary N) is 1. The summed E-state index contributed by atoms with van der Waals surface area (Å²) in [4.78, 5) is 25.6. The molecule has 3 rings (SSSR count). The number of carbonyl (C=O) groups is 2. The Bertz CT molecular complexity index is 1190. The summed E-state index contributed by atoms with van der Waals surface area (Å²) in [6.45, 7) is 3.68. The number of hydrogen-bond acceptors (Lipinski definition) is 3. The Morgan fingerprint density at radius 2 is 1.63 bits per heavy atom. The first kappa shape index (κ1) is 25.8. The van der Waals surface area contributed by atoms with E-state index in [2.05, 4.69) is 5.32 Å². The van der Waals surface area contributed by atoms with Gasteiger partial charge in [-0.2, -0.15) is 13.2 Å². The van der Waals surface area contributed by atoms with E-state index in [1.54, 1.807) is 23.1 Å². The topological polar surface area (TPSA) is 69.6 Å². The zero-order valence-electron chi connectivity index (χ0n) is 19.5. The molecule has 0 aromatic heterocycles. The van der Waals surface area contributed by atoms with Crippen LogP contribution in [0.25, 0.3) is 0 Å². The fourth-order valence-corrected chi connectivity index (χ4v) is 3.82. The molecule has 0 saturated heterocycles. The van der Waals surface area contributed by atoms with E-state index in [1.165, 1.54) is 25.1 Å². The number of rotatable bonds is 9. The third-order valence-corrected chi connectivity index (χ3v) is 5.74. The lowest BCUT2D eigenvalue weighted by atomic mass is 10.0. The molecule has 0 atom stereocenters. The van der Waals surface area contributed by atoms with Gasteiger partial charge < -0.3 is 15.3 Å². The average Bonchev–Trinajstić information content (AvgIpc) is 2.81. The van der Waals surface area contributed by atoms with Crippen molar-refractivity contribution in [2.45, 2.75) is 33.0 Å². The molecule has 0 bridgehead atoms. The molecule has 0 spiro atoms. The number of halogens is 3. The van der Waals surface area contributed by atoms with Crippen LogP contribution in [-0.2, 0) is 23.9 Å². The number of carboxylic acids is 1. The average molecular weight is 485 g/mol. The molecule has 0 aliphatic heterocycles. The van der Waals surface area contributed by atoms with E-state index < -0.39 is 17.7 Å². The molecule has 0 radical (unpaired) electrons. The molecule has 3 aromatic carbocycles. The number of carboxylic acid groups (broad SMARTS) is 1. The first-order valence-electron chi connectivity index (χ1n) is 11.1. The predicted molar refractivity (Wildman–Crippen MR) is 129 cm³/mol. The monoisotopic (exact) mass is 484 g/mol. The third kappa shape index (κ3) is 7.09. The van der Waals surface area contributed by atoms with E-state index >= 15 is 0 Å². The van der Waals surface area contributed by atoms with Crippen molar-refractivity contribution in [3.63, 3.8) is 0 Å². The highest BCUT2D eigenvalue weighted by atomic mass is 19.4. The molecular weight excluding hydrogens is 457 g/mol. The number of carbonyl (C=O) groups excluding carboxylic acids is 1. The van der Waals surface area contributed by atoms with Gasteiger partial charge in [0, 0.05) is 18.8 Å². The molecule has 184 valence electrons. The normalized spacial score (nSPS) is 11.2. The van der Waals surface area contributed by atoms with Gasteiger partial charge in [0.05, 0.1) is 17.7 Å². The summed E-state index contributed by atoms with van der Waals surface area (Å²) in [6.07, 6.45) is -3.95. The van der Waals surface area contributed by atoms with Crippen LogP contribution in [0.3, 0.4) is 0 Å². The molecule has 0 unspecified atom stereocenters. The van der Waals surface area contributed by atoms with Gasteiger partial charge in [-0.15, -0.1) is 0 Å². The number of aromatic carboxylic acids is 1. The Kier molecular flexibility index (Phi) is 8.17. The summed E-state index contributed by atoms with van der Waals surface area (Å²) in [5.74, 6) is -1.45. The summed E-state index contributed by atoms with van der Waals surface area (Å²) in [6, 6.07) is 18.0. The molecule has 8 heteroatoms. The maximum atomic E-state index is 13.5. The second-order valence-corrected chi connectivity index (χ2v) is 8.39. The highest BCUT2D eigenvalue weighted by Crippen LogP contribution is 2.35. The van der Waals surface area contributed by atoms with Crippen molar-refractivity contribution in [1.29, 1.82) is 0 Å². The minimum absolute atomic E-state index is 0.0610. The fourth-order valence-electron chi connectivity index (χ4n) is 3.82. The van der Waals surface area contributed by atoms with Crippen molar-refractivity contribution in [3.05, 3.63) is 100 Å². The minimum Gasteiger partial charge on any atom is -0.478 e. The molecule has 2 N–H and O–H groups in total. The van der Waals surface area contributed by atoms with E-state index in [-0.39, 0.29) is 30.1 Å². The van der Waals surface area contributed by atoms with Gasteiger partial charge in [-0.3, -0.25) is 4.79 Å². The zero-order chi connectivity index (χ0) is 25.6. The molecule has 0 fully saturated rings. The van der Waals surface area contributed by atoms with Crippen LogP contribution < -0.4 is 10.2 Å². The SMILES string of the molecule is Cc1ccc(CCN(CC(=O)NCc2cccc(C(=O)O)c2)c2cccc(C(F)(F)F)c2C)cc1. The number of hydrogen-bond donors (Lipinski definition) is 2. The molecule has 0 heterocycles. The Balaban J connectivity index is 1.78. The van der Waals surface area contributed by atoms with Crippen LogP contribution in [0.5, 0.6) is 0 Å². The van der Waals surface area contributed by atoms with Crippen molar-refractivity contribution in [2.24, 2.45) is 0 Å². The number of nitrogens with zero attached hydrogens (tertiary/aromatic N) is 1. The van der Waals surface area contributed by atoms with Crippen LogP contribution in [0, 0.1) is 13.8 Å². The Hall–Kier alpha value is -3.81. The van der Waals surface area contributed by atoms with E-state index in [0.717, 1.165) is 17.2 Å². The molecule has 5 nitrogen and oxygen atoms in total. The van der Waals surface area contributed by atoms with E-state index in [4.69, 9.17) is 5.11 Å². The van der Waals surface area contributed by atoms with Crippen LogP contribution in [0.4, 0.5) is 18.9 Å². The Labute approximate surface area is 202 Å². The number of amides is 1. The lowest BCUT2D eigenvalue weighted by Crippen LogP contribution is -2.38. The van der Waals surface area contributed by atoms with Gasteiger partial charge >= 0.3 is 12.1 Å².